The van der Waals surface area contributed by atoms with Gasteiger partial charge in [0.2, 0.25) is 0 Å². The van der Waals surface area contributed by atoms with Gasteiger partial charge in [-0.1, -0.05) is 6.07 Å². The Balaban J connectivity index is 2.78. The average Bonchev–Trinajstić information content (AvgIpc) is 2.44. The fourth-order valence-corrected chi connectivity index (χ4v) is 2.09. The minimum absolute atomic E-state index is 0.791. The highest BCUT2D eigenvalue weighted by Crippen LogP contribution is 2.25. The highest BCUT2D eigenvalue weighted by molar-refractivity contribution is 9.10. The van der Waals surface area contributed by atoms with Crippen molar-refractivity contribution < 1.29 is 0 Å². The van der Waals surface area contributed by atoms with Crippen LogP contribution in [0.2, 0.25) is 0 Å². The van der Waals surface area contributed by atoms with Crippen molar-refractivity contribution in [3.05, 3.63) is 22.9 Å². The molecule has 62 valence electrons. The maximum absolute atomic E-state index is 4.32. The van der Waals surface area contributed by atoms with Crippen molar-refractivity contribution in [1.29, 1.82) is 0 Å². The Hall–Kier alpha value is -0.480. The summed E-state index contributed by atoms with van der Waals surface area (Å²) in [5.41, 5.74) is 2.12. The van der Waals surface area contributed by atoms with Gasteiger partial charge in [0.05, 0.1) is 5.52 Å². The van der Waals surface area contributed by atoms with E-state index < -0.39 is 0 Å². The van der Waals surface area contributed by atoms with Gasteiger partial charge >= 0.3 is 0 Å². The van der Waals surface area contributed by atoms with Crippen LogP contribution in [0.5, 0.6) is 0 Å². The van der Waals surface area contributed by atoms with E-state index in [0.29, 0.717) is 0 Å². The summed E-state index contributed by atoms with van der Waals surface area (Å²) in [6.07, 6.45) is 2.05. The van der Waals surface area contributed by atoms with Crippen LogP contribution in [0.25, 0.3) is 11.0 Å². The zero-order valence-electron chi connectivity index (χ0n) is 6.47. The van der Waals surface area contributed by atoms with E-state index in [1.807, 2.05) is 12.1 Å². The third kappa shape index (κ3) is 1.25. The maximum atomic E-state index is 4.32. The van der Waals surface area contributed by atoms with Gasteiger partial charge in [-0.25, -0.2) is 4.98 Å². The summed E-state index contributed by atoms with van der Waals surface area (Å²) in [7, 11) is 0. The molecule has 4 heteroatoms. The number of para-hydroxylation sites is 1. The van der Waals surface area contributed by atoms with E-state index >= 15 is 0 Å². The number of nitrogens with zero attached hydrogens (tertiary/aromatic N) is 1. The largest absolute Gasteiger partial charge is 0.332 e. The standard InChI is InChI=1S/C8H7BrN2S/c1-12-6-4-2-3-5-7(6)11-8(9)10-5/h2-4H,1H3,(H,10,11). The molecule has 0 unspecified atom stereocenters. The van der Waals surface area contributed by atoms with Gasteiger partial charge in [0.1, 0.15) is 5.52 Å². The first-order chi connectivity index (χ1) is 5.81. The van der Waals surface area contributed by atoms with Gasteiger partial charge < -0.3 is 4.98 Å². The van der Waals surface area contributed by atoms with Crippen LogP contribution < -0.4 is 0 Å². The summed E-state index contributed by atoms with van der Waals surface area (Å²) in [6.45, 7) is 0. The van der Waals surface area contributed by atoms with Crippen molar-refractivity contribution in [3.63, 3.8) is 0 Å². The Morgan fingerprint density at radius 1 is 1.50 bits per heavy atom. The number of benzene rings is 1. The van der Waals surface area contributed by atoms with E-state index in [9.17, 15) is 0 Å². The molecule has 0 bridgehead atoms. The third-order valence-electron chi connectivity index (χ3n) is 1.67. The molecular weight excluding hydrogens is 236 g/mol. The van der Waals surface area contributed by atoms with Crippen LogP contribution >= 0.6 is 27.7 Å². The Labute approximate surface area is 82.9 Å². The minimum Gasteiger partial charge on any atom is -0.332 e. The normalized spacial score (nSPS) is 10.8. The van der Waals surface area contributed by atoms with Crippen molar-refractivity contribution in [2.24, 2.45) is 0 Å². The zero-order valence-corrected chi connectivity index (χ0v) is 8.87. The quantitative estimate of drug-likeness (QED) is 0.780. The molecule has 0 aliphatic heterocycles. The molecule has 0 saturated heterocycles. The molecule has 0 fully saturated rings. The second-order valence-electron chi connectivity index (χ2n) is 2.38. The van der Waals surface area contributed by atoms with Crippen LogP contribution in [0.15, 0.2) is 27.8 Å². The third-order valence-corrected chi connectivity index (χ3v) is 2.81. The summed E-state index contributed by atoms with van der Waals surface area (Å²) in [4.78, 5) is 8.65. The van der Waals surface area contributed by atoms with E-state index in [1.54, 1.807) is 11.8 Å². The van der Waals surface area contributed by atoms with Crippen molar-refractivity contribution in [3.8, 4) is 0 Å². The van der Waals surface area contributed by atoms with E-state index in [4.69, 9.17) is 0 Å². The summed E-state index contributed by atoms with van der Waals surface area (Å²) < 4.78 is 0.791. The summed E-state index contributed by atoms with van der Waals surface area (Å²) >= 11 is 5.02. The number of thioether (sulfide) groups is 1. The molecule has 1 N–H and O–H groups in total. The number of H-pyrrole nitrogens is 1. The van der Waals surface area contributed by atoms with Gasteiger partial charge in [0.15, 0.2) is 4.73 Å². The van der Waals surface area contributed by atoms with E-state index in [0.717, 1.165) is 15.8 Å². The molecule has 1 heterocycles. The molecule has 0 aliphatic rings. The van der Waals surface area contributed by atoms with Crippen LogP contribution in [0.4, 0.5) is 0 Å². The van der Waals surface area contributed by atoms with Crippen molar-refractivity contribution >= 4 is 38.7 Å². The molecule has 0 saturated carbocycles. The number of rotatable bonds is 1. The number of imidazole rings is 1. The molecule has 0 spiro atoms. The van der Waals surface area contributed by atoms with Gasteiger partial charge in [-0.3, -0.25) is 0 Å². The first-order valence-corrected chi connectivity index (χ1v) is 5.51. The van der Waals surface area contributed by atoms with Crippen molar-refractivity contribution in [2.45, 2.75) is 4.90 Å². The summed E-state index contributed by atoms with van der Waals surface area (Å²) in [5, 5.41) is 0. The molecule has 2 aromatic rings. The van der Waals surface area contributed by atoms with Gasteiger partial charge in [-0.15, -0.1) is 11.8 Å². The lowest BCUT2D eigenvalue weighted by Gasteiger charge is -1.94. The van der Waals surface area contributed by atoms with Crippen LogP contribution in [0.1, 0.15) is 0 Å². The lowest BCUT2D eigenvalue weighted by Crippen LogP contribution is -1.73. The number of hydrogen-bond acceptors (Lipinski definition) is 2. The molecule has 0 aliphatic carbocycles. The Morgan fingerprint density at radius 3 is 3.08 bits per heavy atom. The first-order valence-electron chi connectivity index (χ1n) is 3.49. The Bertz CT molecular complexity index is 410. The van der Waals surface area contributed by atoms with Gasteiger partial charge in [0.25, 0.3) is 0 Å². The Morgan fingerprint density at radius 2 is 2.33 bits per heavy atom. The first kappa shape index (κ1) is 8.13. The van der Waals surface area contributed by atoms with E-state index in [2.05, 4.69) is 38.2 Å². The van der Waals surface area contributed by atoms with Crippen LogP contribution in [-0.2, 0) is 0 Å². The van der Waals surface area contributed by atoms with Crippen molar-refractivity contribution in [2.75, 3.05) is 6.26 Å². The van der Waals surface area contributed by atoms with Gasteiger partial charge in [-0.05, 0) is 34.3 Å². The molecule has 12 heavy (non-hydrogen) atoms. The van der Waals surface area contributed by atoms with Gasteiger partial charge in [-0.2, -0.15) is 0 Å². The lowest BCUT2D eigenvalue weighted by molar-refractivity contribution is 1.26. The van der Waals surface area contributed by atoms with E-state index in [1.165, 1.54) is 4.90 Å². The topological polar surface area (TPSA) is 28.7 Å². The molecular formula is C8H7BrN2S. The highest BCUT2D eigenvalue weighted by atomic mass is 79.9. The number of halogens is 1. The van der Waals surface area contributed by atoms with Gasteiger partial charge in [0, 0.05) is 4.90 Å². The number of nitrogens with one attached hydrogen (secondary N) is 1. The monoisotopic (exact) mass is 242 g/mol. The highest BCUT2D eigenvalue weighted by Gasteiger charge is 2.03. The number of hydrogen-bond donors (Lipinski definition) is 1. The minimum atomic E-state index is 0.791. The van der Waals surface area contributed by atoms with Crippen LogP contribution in [-0.4, -0.2) is 16.2 Å². The molecule has 0 radical (unpaired) electrons. The fraction of sp³-hybridized carbons (Fsp3) is 0.125. The van der Waals surface area contributed by atoms with Crippen molar-refractivity contribution in [1.82, 2.24) is 9.97 Å². The molecule has 0 amide bonds. The van der Waals surface area contributed by atoms with Crippen LogP contribution in [0.3, 0.4) is 0 Å². The maximum Gasteiger partial charge on any atom is 0.175 e. The molecule has 2 rings (SSSR count). The van der Waals surface area contributed by atoms with Crippen LogP contribution in [0, 0.1) is 0 Å². The number of fused-ring (bicyclic) bond motifs is 1. The summed E-state index contributed by atoms with van der Waals surface area (Å²) in [6, 6.07) is 6.12. The second-order valence-corrected chi connectivity index (χ2v) is 3.98. The SMILES string of the molecule is CSc1cccc2[nH]c(Br)nc12. The Kier molecular flexibility index (Phi) is 2.11. The predicted octanol–water partition coefficient (Wildman–Crippen LogP) is 3.05. The fourth-order valence-electron chi connectivity index (χ4n) is 1.14. The second kappa shape index (κ2) is 3.11. The summed E-state index contributed by atoms with van der Waals surface area (Å²) in [5.74, 6) is 0. The van der Waals surface area contributed by atoms with E-state index in [-0.39, 0.29) is 0 Å². The molecule has 1 aromatic carbocycles. The predicted molar refractivity (Wildman–Crippen MR) is 55.6 cm³/mol. The average molecular weight is 243 g/mol. The lowest BCUT2D eigenvalue weighted by atomic mass is 10.3. The zero-order chi connectivity index (χ0) is 8.55. The smallest absolute Gasteiger partial charge is 0.175 e. The molecule has 1 aromatic heterocycles. The molecule has 0 atom stereocenters. The number of aromatic nitrogens is 2. The number of aromatic amines is 1. The molecule has 2 nitrogen and oxygen atoms in total.